The fraction of sp³-hybridized carbons (Fsp3) is 0.571. The standard InChI is InChI=1S/C14H19ClN2O2/c1-10(11-5-2-3-6-11)16-9-12-13(15)7-4-8-14(12)17(18)19/h4,7-8,10-11,16H,2-3,5-6,9H2,1H3/t10-/m1/s1. The Bertz CT molecular complexity index is 459. The van der Waals surface area contributed by atoms with Crippen molar-refractivity contribution < 1.29 is 4.92 Å². The molecule has 0 heterocycles. The molecule has 0 radical (unpaired) electrons. The fourth-order valence-corrected chi connectivity index (χ4v) is 3.02. The van der Waals surface area contributed by atoms with Gasteiger partial charge in [0, 0.05) is 18.7 Å². The van der Waals surface area contributed by atoms with E-state index < -0.39 is 0 Å². The molecular formula is C14H19ClN2O2. The van der Waals surface area contributed by atoms with Gasteiger partial charge in [0.15, 0.2) is 0 Å². The summed E-state index contributed by atoms with van der Waals surface area (Å²) in [4.78, 5) is 10.6. The Morgan fingerprint density at radius 3 is 2.79 bits per heavy atom. The van der Waals surface area contributed by atoms with Gasteiger partial charge in [-0.05, 0) is 31.7 Å². The third kappa shape index (κ3) is 3.45. The van der Waals surface area contributed by atoms with Crippen molar-refractivity contribution in [2.24, 2.45) is 5.92 Å². The van der Waals surface area contributed by atoms with Crippen molar-refractivity contribution in [2.45, 2.75) is 45.2 Å². The average Bonchev–Trinajstić information content (AvgIpc) is 2.90. The first-order valence-corrected chi connectivity index (χ1v) is 7.12. The minimum Gasteiger partial charge on any atom is -0.310 e. The Hall–Kier alpha value is -1.13. The van der Waals surface area contributed by atoms with Crippen LogP contribution in [0.4, 0.5) is 5.69 Å². The van der Waals surface area contributed by atoms with Gasteiger partial charge in [0.1, 0.15) is 0 Å². The Morgan fingerprint density at radius 1 is 1.47 bits per heavy atom. The first-order valence-electron chi connectivity index (χ1n) is 6.74. The summed E-state index contributed by atoms with van der Waals surface area (Å²) in [5, 5.41) is 14.8. The van der Waals surface area contributed by atoms with E-state index in [0.29, 0.717) is 29.1 Å². The zero-order chi connectivity index (χ0) is 13.8. The maximum absolute atomic E-state index is 11.0. The number of rotatable bonds is 5. The van der Waals surface area contributed by atoms with Gasteiger partial charge in [-0.1, -0.05) is 30.5 Å². The maximum Gasteiger partial charge on any atom is 0.275 e. The lowest BCUT2D eigenvalue weighted by molar-refractivity contribution is -0.385. The van der Waals surface area contributed by atoms with Crippen LogP contribution in [0, 0.1) is 16.0 Å². The van der Waals surface area contributed by atoms with E-state index in [4.69, 9.17) is 11.6 Å². The molecule has 4 nitrogen and oxygen atoms in total. The van der Waals surface area contributed by atoms with E-state index >= 15 is 0 Å². The molecule has 104 valence electrons. The molecule has 0 bridgehead atoms. The molecule has 2 rings (SSSR count). The monoisotopic (exact) mass is 282 g/mol. The van der Waals surface area contributed by atoms with Crippen LogP contribution in [0.25, 0.3) is 0 Å². The highest BCUT2D eigenvalue weighted by atomic mass is 35.5. The minimum absolute atomic E-state index is 0.0959. The van der Waals surface area contributed by atoms with E-state index in [9.17, 15) is 10.1 Å². The average molecular weight is 283 g/mol. The van der Waals surface area contributed by atoms with Crippen LogP contribution in [0.2, 0.25) is 5.02 Å². The molecule has 1 atom stereocenters. The van der Waals surface area contributed by atoms with Gasteiger partial charge in [-0.3, -0.25) is 10.1 Å². The molecule has 1 aromatic rings. The van der Waals surface area contributed by atoms with Crippen LogP contribution in [-0.4, -0.2) is 11.0 Å². The van der Waals surface area contributed by atoms with Gasteiger partial charge in [0.05, 0.1) is 15.5 Å². The van der Waals surface area contributed by atoms with Gasteiger partial charge in [-0.15, -0.1) is 0 Å². The number of nitro groups is 1. The lowest BCUT2D eigenvalue weighted by Gasteiger charge is -2.20. The van der Waals surface area contributed by atoms with Gasteiger partial charge in [-0.25, -0.2) is 0 Å². The van der Waals surface area contributed by atoms with Crippen molar-refractivity contribution in [3.63, 3.8) is 0 Å². The number of benzene rings is 1. The van der Waals surface area contributed by atoms with Crippen molar-refractivity contribution in [1.82, 2.24) is 5.32 Å². The second-order valence-corrected chi connectivity index (χ2v) is 5.62. The highest BCUT2D eigenvalue weighted by Crippen LogP contribution is 2.29. The van der Waals surface area contributed by atoms with E-state index in [-0.39, 0.29) is 10.6 Å². The predicted octanol–water partition coefficient (Wildman–Crippen LogP) is 3.92. The highest BCUT2D eigenvalue weighted by molar-refractivity contribution is 6.31. The Balaban J connectivity index is 2.04. The number of nitrogens with zero attached hydrogens (tertiary/aromatic N) is 1. The van der Waals surface area contributed by atoms with Crippen LogP contribution < -0.4 is 5.32 Å². The van der Waals surface area contributed by atoms with E-state index in [1.807, 2.05) is 0 Å². The molecule has 0 spiro atoms. The molecule has 0 amide bonds. The van der Waals surface area contributed by atoms with Gasteiger partial charge in [0.25, 0.3) is 5.69 Å². The number of hydrogen-bond acceptors (Lipinski definition) is 3. The summed E-state index contributed by atoms with van der Waals surface area (Å²) >= 11 is 6.07. The van der Waals surface area contributed by atoms with Crippen LogP contribution in [0.15, 0.2) is 18.2 Å². The molecule has 0 unspecified atom stereocenters. The molecular weight excluding hydrogens is 264 g/mol. The lowest BCUT2D eigenvalue weighted by Crippen LogP contribution is -2.32. The molecule has 1 aromatic carbocycles. The second kappa shape index (κ2) is 6.35. The zero-order valence-electron chi connectivity index (χ0n) is 11.1. The molecule has 1 aliphatic carbocycles. The summed E-state index contributed by atoms with van der Waals surface area (Å²) < 4.78 is 0. The molecule has 0 aromatic heterocycles. The highest BCUT2D eigenvalue weighted by Gasteiger charge is 2.23. The molecule has 5 heteroatoms. The smallest absolute Gasteiger partial charge is 0.275 e. The SMILES string of the molecule is C[C@@H](NCc1c(Cl)cccc1[N+](=O)[O-])C1CCCC1. The van der Waals surface area contributed by atoms with E-state index in [0.717, 1.165) is 0 Å². The maximum atomic E-state index is 11.0. The Morgan fingerprint density at radius 2 is 2.16 bits per heavy atom. The molecule has 0 aliphatic heterocycles. The van der Waals surface area contributed by atoms with E-state index in [1.54, 1.807) is 12.1 Å². The van der Waals surface area contributed by atoms with Crippen LogP contribution in [0.1, 0.15) is 38.2 Å². The minimum atomic E-state index is -0.372. The quantitative estimate of drug-likeness (QED) is 0.658. The predicted molar refractivity (Wildman–Crippen MR) is 76.4 cm³/mol. The summed E-state index contributed by atoms with van der Waals surface area (Å²) in [5.41, 5.74) is 0.678. The number of nitrogens with one attached hydrogen (secondary N) is 1. The van der Waals surface area contributed by atoms with Gasteiger partial charge in [0.2, 0.25) is 0 Å². The van der Waals surface area contributed by atoms with Gasteiger partial charge < -0.3 is 5.32 Å². The van der Waals surface area contributed by atoms with Crippen molar-refractivity contribution in [1.29, 1.82) is 0 Å². The number of hydrogen-bond donors (Lipinski definition) is 1. The second-order valence-electron chi connectivity index (χ2n) is 5.21. The van der Waals surface area contributed by atoms with Gasteiger partial charge >= 0.3 is 0 Å². The number of halogens is 1. The third-order valence-electron chi connectivity index (χ3n) is 4.00. The molecule has 1 fully saturated rings. The fourth-order valence-electron chi connectivity index (χ4n) is 2.78. The lowest BCUT2D eigenvalue weighted by atomic mass is 9.99. The first kappa shape index (κ1) is 14.3. The van der Waals surface area contributed by atoms with Crippen LogP contribution >= 0.6 is 11.6 Å². The van der Waals surface area contributed by atoms with E-state index in [1.165, 1.54) is 31.7 Å². The normalized spacial score (nSPS) is 17.6. The molecule has 1 aliphatic rings. The molecule has 1 saturated carbocycles. The summed E-state index contributed by atoms with van der Waals surface area (Å²) in [7, 11) is 0. The van der Waals surface area contributed by atoms with E-state index in [2.05, 4.69) is 12.2 Å². The van der Waals surface area contributed by atoms with Crippen LogP contribution in [-0.2, 0) is 6.54 Å². The van der Waals surface area contributed by atoms with Gasteiger partial charge in [-0.2, -0.15) is 0 Å². The number of nitro benzene ring substituents is 1. The summed E-state index contributed by atoms with van der Waals surface area (Å²) in [5.74, 6) is 0.682. The molecule has 19 heavy (non-hydrogen) atoms. The topological polar surface area (TPSA) is 55.2 Å². The Kier molecular flexibility index (Phi) is 4.77. The van der Waals surface area contributed by atoms with Crippen molar-refractivity contribution >= 4 is 17.3 Å². The van der Waals surface area contributed by atoms with Crippen molar-refractivity contribution in [3.05, 3.63) is 38.9 Å². The molecule has 1 N–H and O–H groups in total. The summed E-state index contributed by atoms with van der Waals surface area (Å²) in [6, 6.07) is 5.19. The Labute approximate surface area is 118 Å². The summed E-state index contributed by atoms with van der Waals surface area (Å²) in [6.07, 6.45) is 5.09. The third-order valence-corrected chi connectivity index (χ3v) is 4.35. The first-order chi connectivity index (χ1) is 9.09. The molecule has 0 saturated heterocycles. The van der Waals surface area contributed by atoms with Crippen molar-refractivity contribution in [2.75, 3.05) is 0 Å². The van der Waals surface area contributed by atoms with Crippen molar-refractivity contribution in [3.8, 4) is 0 Å². The van der Waals surface area contributed by atoms with Crippen LogP contribution in [0.3, 0.4) is 0 Å². The summed E-state index contributed by atoms with van der Waals surface area (Å²) in [6.45, 7) is 2.60. The zero-order valence-corrected chi connectivity index (χ0v) is 11.8. The largest absolute Gasteiger partial charge is 0.310 e. The van der Waals surface area contributed by atoms with Crippen LogP contribution in [0.5, 0.6) is 0 Å².